The molecule has 0 aliphatic heterocycles. The Bertz CT molecular complexity index is 1740. The highest BCUT2D eigenvalue weighted by Crippen LogP contribution is 2.50. The number of hydrogen-bond acceptors (Lipinski definition) is 2. The van der Waals surface area contributed by atoms with Crippen molar-refractivity contribution in [1.29, 1.82) is 0 Å². The second-order valence-corrected chi connectivity index (χ2v) is 10.2. The van der Waals surface area contributed by atoms with Crippen molar-refractivity contribution >= 4 is 33.3 Å². The van der Waals surface area contributed by atoms with Crippen LogP contribution in [0, 0.1) is 0 Å². The molecule has 0 saturated heterocycles. The normalized spacial score (nSPS) is 12.6. The molecule has 0 saturated carbocycles. The van der Waals surface area contributed by atoms with Gasteiger partial charge in [0.1, 0.15) is 5.58 Å². The minimum Gasteiger partial charge on any atom is -0.454 e. The molecule has 43 heavy (non-hydrogen) atoms. The third-order valence-electron chi connectivity index (χ3n) is 7.54. The summed E-state index contributed by atoms with van der Waals surface area (Å²) in [5, 5.41) is 2.25. The summed E-state index contributed by atoms with van der Waals surface area (Å²) in [4.78, 5) is 2.26. The van der Waals surface area contributed by atoms with Crippen molar-refractivity contribution in [3.8, 4) is 11.1 Å². The summed E-state index contributed by atoms with van der Waals surface area (Å²) in [6.45, 7) is 24.2. The molecule has 4 aromatic carbocycles. The smallest absolute Gasteiger partial charge is 0.159 e. The number of nitrogens with zero attached hydrogens (tertiary/aromatic N) is 1. The highest BCUT2D eigenvalue weighted by molar-refractivity contribution is 6.09. The highest BCUT2D eigenvalue weighted by Gasteiger charge is 2.35. The van der Waals surface area contributed by atoms with Crippen molar-refractivity contribution in [3.05, 3.63) is 145 Å². The molecule has 222 valence electrons. The number of allylic oxidation sites excluding steroid dienone is 5. The maximum atomic E-state index is 6.41. The molecule has 1 aliphatic rings. The molecule has 1 aromatic heterocycles. The van der Waals surface area contributed by atoms with E-state index in [0.29, 0.717) is 0 Å². The van der Waals surface area contributed by atoms with Gasteiger partial charge in [-0.1, -0.05) is 140 Å². The average molecular weight is 570 g/mol. The third kappa shape index (κ3) is 6.29. The zero-order chi connectivity index (χ0) is 31.6. The van der Waals surface area contributed by atoms with E-state index in [4.69, 9.17) is 4.42 Å². The van der Waals surface area contributed by atoms with Gasteiger partial charge in [0, 0.05) is 27.6 Å². The summed E-state index contributed by atoms with van der Waals surface area (Å²) in [6.07, 6.45) is 9.59. The zero-order valence-electron chi connectivity index (χ0n) is 27.2. The van der Waals surface area contributed by atoms with Gasteiger partial charge in [-0.15, -0.1) is 0 Å². The topological polar surface area (TPSA) is 16.4 Å². The van der Waals surface area contributed by atoms with Crippen LogP contribution in [0.15, 0.2) is 139 Å². The maximum Gasteiger partial charge on any atom is 0.159 e. The molecule has 6 rings (SSSR count). The number of para-hydroxylation sites is 2. The summed E-state index contributed by atoms with van der Waals surface area (Å²) in [5.74, 6) is 0. The van der Waals surface area contributed by atoms with Crippen LogP contribution in [0.4, 0.5) is 11.4 Å². The van der Waals surface area contributed by atoms with Gasteiger partial charge in [0.2, 0.25) is 0 Å². The van der Waals surface area contributed by atoms with Gasteiger partial charge in [-0.2, -0.15) is 0 Å². The molecule has 0 unspecified atom stereocenters. The minimum absolute atomic E-state index is 0.0662. The lowest BCUT2D eigenvalue weighted by molar-refractivity contribution is 0.660. The largest absolute Gasteiger partial charge is 0.454 e. The fraction of sp³-hybridized carbons (Fsp3) is 0.220. The Kier molecular flexibility index (Phi) is 11.5. The summed E-state index contributed by atoms with van der Waals surface area (Å²) in [7, 11) is 0. The van der Waals surface area contributed by atoms with Crippen LogP contribution in [0.5, 0.6) is 0 Å². The van der Waals surface area contributed by atoms with E-state index in [-0.39, 0.29) is 5.41 Å². The number of anilines is 2. The first-order valence-electron chi connectivity index (χ1n) is 15.4. The summed E-state index contributed by atoms with van der Waals surface area (Å²) >= 11 is 0. The van der Waals surface area contributed by atoms with Gasteiger partial charge in [-0.05, 0) is 66.4 Å². The molecular formula is C41H47NO. The molecule has 2 nitrogen and oxygen atoms in total. The van der Waals surface area contributed by atoms with Crippen LogP contribution in [0.25, 0.3) is 33.1 Å². The molecule has 0 spiro atoms. The second kappa shape index (κ2) is 15.1. The monoisotopic (exact) mass is 569 g/mol. The quantitative estimate of drug-likeness (QED) is 0.196. The fourth-order valence-corrected chi connectivity index (χ4v) is 5.64. The molecule has 0 radical (unpaired) electrons. The van der Waals surface area contributed by atoms with E-state index in [1.54, 1.807) is 6.08 Å². The Balaban J connectivity index is 0.000000505. The number of rotatable bonds is 5. The lowest BCUT2D eigenvalue weighted by Crippen LogP contribution is -2.18. The number of benzene rings is 4. The summed E-state index contributed by atoms with van der Waals surface area (Å²) in [5.41, 5.74) is 10.2. The van der Waals surface area contributed by atoms with E-state index in [0.717, 1.165) is 39.0 Å². The average Bonchev–Trinajstić information content (AvgIpc) is 3.55. The van der Waals surface area contributed by atoms with E-state index in [1.807, 2.05) is 65.0 Å². The Labute approximate surface area is 259 Å². The van der Waals surface area contributed by atoms with Crippen LogP contribution < -0.4 is 4.90 Å². The van der Waals surface area contributed by atoms with Crippen LogP contribution in [-0.2, 0) is 5.41 Å². The number of hydrogen-bond donors (Lipinski definition) is 0. The molecule has 0 amide bonds. The van der Waals surface area contributed by atoms with Crippen molar-refractivity contribution in [2.75, 3.05) is 4.90 Å². The fourth-order valence-electron chi connectivity index (χ4n) is 5.64. The zero-order valence-corrected chi connectivity index (χ0v) is 27.2. The van der Waals surface area contributed by atoms with Gasteiger partial charge in [0.05, 0.1) is 5.69 Å². The van der Waals surface area contributed by atoms with Crippen molar-refractivity contribution in [1.82, 2.24) is 0 Å². The van der Waals surface area contributed by atoms with Gasteiger partial charge < -0.3 is 9.32 Å². The van der Waals surface area contributed by atoms with Gasteiger partial charge >= 0.3 is 0 Å². The summed E-state index contributed by atoms with van der Waals surface area (Å²) < 4.78 is 6.41. The van der Waals surface area contributed by atoms with Crippen LogP contribution in [0.1, 0.15) is 66.5 Å². The molecule has 0 atom stereocenters. The lowest BCUT2D eigenvalue weighted by atomic mass is 9.82. The van der Waals surface area contributed by atoms with E-state index in [2.05, 4.69) is 118 Å². The molecule has 0 fully saturated rings. The van der Waals surface area contributed by atoms with Gasteiger partial charge in [-0.3, -0.25) is 0 Å². The third-order valence-corrected chi connectivity index (χ3v) is 7.54. The van der Waals surface area contributed by atoms with Crippen molar-refractivity contribution in [2.45, 2.75) is 60.8 Å². The molecule has 0 N–H and O–H groups in total. The van der Waals surface area contributed by atoms with Gasteiger partial charge in [0.25, 0.3) is 0 Å². The van der Waals surface area contributed by atoms with Crippen molar-refractivity contribution < 1.29 is 4.42 Å². The minimum atomic E-state index is -0.0662. The van der Waals surface area contributed by atoms with Crippen molar-refractivity contribution in [3.63, 3.8) is 0 Å². The van der Waals surface area contributed by atoms with Crippen molar-refractivity contribution in [2.24, 2.45) is 0 Å². The highest BCUT2D eigenvalue weighted by atomic mass is 16.3. The number of furan rings is 1. The predicted molar refractivity (Wildman–Crippen MR) is 192 cm³/mol. The number of fused-ring (bicyclic) bond motifs is 6. The van der Waals surface area contributed by atoms with Crippen LogP contribution in [0.2, 0.25) is 0 Å². The second-order valence-electron chi connectivity index (χ2n) is 10.2. The molecule has 2 heteroatoms. The first-order chi connectivity index (χ1) is 21.0. The van der Waals surface area contributed by atoms with Gasteiger partial charge in [-0.25, -0.2) is 0 Å². The molecule has 0 bridgehead atoms. The Morgan fingerprint density at radius 1 is 0.744 bits per heavy atom. The Morgan fingerprint density at radius 3 is 2.05 bits per heavy atom. The van der Waals surface area contributed by atoms with E-state index < -0.39 is 0 Å². The predicted octanol–water partition coefficient (Wildman–Crippen LogP) is 12.9. The van der Waals surface area contributed by atoms with E-state index in [1.165, 1.54) is 22.3 Å². The summed E-state index contributed by atoms with van der Waals surface area (Å²) in [6, 6.07) is 30.2. The lowest BCUT2D eigenvalue weighted by Gasteiger charge is -2.28. The first kappa shape index (κ1) is 32.9. The standard InChI is InChI=1S/C32H27NO.C5H8.2C2H6/c1-5-21(6-2)33(29-16-11-14-26-25-13-8-10-17-30(25)34-31(26)29)22-18-19-24-23-12-7-9-15-27(23)32(3,4)28(24)20-22;1-3-5-4-2;2*1-2/h5-20H,1H2,2-4H3;3-5H,1H2,2H3;2*1-2H3/b21-6+;5-4-;;. The van der Waals surface area contributed by atoms with E-state index in [9.17, 15) is 0 Å². The van der Waals surface area contributed by atoms with Gasteiger partial charge in [0.15, 0.2) is 5.58 Å². The Hall–Kier alpha value is -4.56. The Morgan fingerprint density at radius 2 is 1.40 bits per heavy atom. The van der Waals surface area contributed by atoms with Crippen LogP contribution in [-0.4, -0.2) is 0 Å². The molecule has 1 heterocycles. The maximum absolute atomic E-state index is 6.41. The van der Waals surface area contributed by atoms with Crippen LogP contribution >= 0.6 is 0 Å². The molecule has 5 aromatic rings. The van der Waals surface area contributed by atoms with Crippen LogP contribution in [0.3, 0.4) is 0 Å². The molecular weight excluding hydrogens is 522 g/mol. The SMILES string of the molecule is C=C/C(=C\C)N(c1ccc2c(c1)C(C)(C)c1ccccc1-2)c1cccc2c1oc1ccccc12.C=C/C=C\C.CC.CC. The first-order valence-corrected chi connectivity index (χ1v) is 15.4. The van der Waals surface area contributed by atoms with E-state index >= 15 is 0 Å². The molecule has 1 aliphatic carbocycles.